The lowest BCUT2D eigenvalue weighted by molar-refractivity contribution is -0.00549. The van der Waals surface area contributed by atoms with Gasteiger partial charge in [0.15, 0.2) is 0 Å². The Bertz CT molecular complexity index is 1310. The van der Waals surface area contributed by atoms with Gasteiger partial charge in [-0.2, -0.15) is 10.2 Å². The predicted molar refractivity (Wildman–Crippen MR) is 109 cm³/mol. The van der Waals surface area contributed by atoms with Crippen LogP contribution in [0, 0.1) is 5.82 Å². The maximum atomic E-state index is 14.6. The standard InChI is InChI=1S/C22H20FN5O2/c1-27-20-12-28(11-14(20)10-24-27)22(30)17-8-13(6-7-18(17)23)9-19-15-4-2-3-5-16(15)21(29)26-25-19/h2-8,10,22,30H,9,11-12H2,1H3,(H,26,29). The van der Waals surface area contributed by atoms with Gasteiger partial charge in [-0.1, -0.05) is 24.3 Å². The van der Waals surface area contributed by atoms with E-state index in [-0.39, 0.29) is 11.1 Å². The summed E-state index contributed by atoms with van der Waals surface area (Å²) in [6.45, 7) is 1.02. The van der Waals surface area contributed by atoms with Crippen molar-refractivity contribution in [3.8, 4) is 0 Å². The van der Waals surface area contributed by atoms with E-state index in [1.54, 1.807) is 35.1 Å². The van der Waals surface area contributed by atoms with Crippen molar-refractivity contribution in [1.29, 1.82) is 0 Å². The number of fused-ring (bicyclic) bond motifs is 2. The van der Waals surface area contributed by atoms with Crippen LogP contribution in [0.25, 0.3) is 10.8 Å². The predicted octanol–water partition coefficient (Wildman–Crippen LogP) is 2.39. The summed E-state index contributed by atoms with van der Waals surface area (Å²) in [5, 5.41) is 23.1. The average molecular weight is 405 g/mol. The van der Waals surface area contributed by atoms with Crippen molar-refractivity contribution in [2.45, 2.75) is 25.7 Å². The van der Waals surface area contributed by atoms with E-state index < -0.39 is 12.0 Å². The third-order valence-corrected chi connectivity index (χ3v) is 5.71. The van der Waals surface area contributed by atoms with Crippen LogP contribution in [0.1, 0.15) is 34.3 Å². The number of aromatic nitrogens is 4. The number of halogens is 1. The second kappa shape index (κ2) is 7.16. The zero-order valence-corrected chi connectivity index (χ0v) is 16.3. The fourth-order valence-electron chi connectivity index (χ4n) is 4.08. The van der Waals surface area contributed by atoms with Crippen LogP contribution in [-0.4, -0.2) is 30.0 Å². The van der Waals surface area contributed by atoms with Crippen LogP contribution in [0.4, 0.5) is 4.39 Å². The minimum absolute atomic E-state index is 0.224. The van der Waals surface area contributed by atoms with Gasteiger partial charge in [-0.05, 0) is 23.8 Å². The summed E-state index contributed by atoms with van der Waals surface area (Å²) in [6.07, 6.45) is 1.11. The molecule has 3 heterocycles. The van der Waals surface area contributed by atoms with Crippen molar-refractivity contribution in [1.82, 2.24) is 24.9 Å². The second-order valence-electron chi connectivity index (χ2n) is 7.60. The molecule has 2 N–H and O–H groups in total. The number of nitrogens with one attached hydrogen (secondary N) is 1. The maximum Gasteiger partial charge on any atom is 0.272 e. The molecule has 1 aliphatic heterocycles. The maximum absolute atomic E-state index is 14.6. The summed E-state index contributed by atoms with van der Waals surface area (Å²) in [6, 6.07) is 12.0. The molecule has 2 aromatic heterocycles. The number of rotatable bonds is 4. The van der Waals surface area contributed by atoms with Crippen LogP contribution < -0.4 is 5.56 Å². The van der Waals surface area contributed by atoms with E-state index in [0.29, 0.717) is 30.6 Å². The molecule has 0 saturated heterocycles. The third-order valence-electron chi connectivity index (χ3n) is 5.71. The molecule has 30 heavy (non-hydrogen) atoms. The third kappa shape index (κ3) is 3.10. The number of aryl methyl sites for hydroxylation is 1. The molecule has 1 unspecified atom stereocenters. The normalized spacial score (nSPS) is 14.9. The van der Waals surface area contributed by atoms with Gasteiger partial charge < -0.3 is 5.11 Å². The average Bonchev–Trinajstić information content (AvgIpc) is 3.33. The number of benzene rings is 2. The van der Waals surface area contributed by atoms with Gasteiger partial charge in [0.1, 0.15) is 12.0 Å². The summed E-state index contributed by atoms with van der Waals surface area (Å²) in [4.78, 5) is 13.8. The van der Waals surface area contributed by atoms with Crippen molar-refractivity contribution < 1.29 is 9.50 Å². The fourth-order valence-corrected chi connectivity index (χ4v) is 4.08. The molecular formula is C22H20FN5O2. The minimum Gasteiger partial charge on any atom is -0.374 e. The first-order valence-electron chi connectivity index (χ1n) is 9.68. The molecule has 4 aromatic rings. The first kappa shape index (κ1) is 18.7. The summed E-state index contributed by atoms with van der Waals surface area (Å²) in [7, 11) is 1.86. The Morgan fingerprint density at radius 3 is 2.80 bits per heavy atom. The van der Waals surface area contributed by atoms with E-state index in [2.05, 4.69) is 15.3 Å². The molecule has 0 saturated carbocycles. The molecule has 152 valence electrons. The van der Waals surface area contributed by atoms with Crippen LogP contribution in [-0.2, 0) is 26.6 Å². The van der Waals surface area contributed by atoms with Crippen LogP contribution >= 0.6 is 0 Å². The van der Waals surface area contributed by atoms with Gasteiger partial charge in [0.2, 0.25) is 0 Å². The molecule has 0 fully saturated rings. The Morgan fingerprint density at radius 1 is 1.20 bits per heavy atom. The first-order valence-corrected chi connectivity index (χ1v) is 9.68. The van der Waals surface area contributed by atoms with E-state index in [4.69, 9.17) is 0 Å². The number of hydrogen-bond donors (Lipinski definition) is 2. The van der Waals surface area contributed by atoms with Crippen molar-refractivity contribution in [2.24, 2.45) is 7.05 Å². The van der Waals surface area contributed by atoms with Crippen LogP contribution in [0.15, 0.2) is 53.5 Å². The van der Waals surface area contributed by atoms with Gasteiger partial charge in [-0.3, -0.25) is 14.4 Å². The van der Waals surface area contributed by atoms with Gasteiger partial charge in [0.05, 0.1) is 23.0 Å². The largest absolute Gasteiger partial charge is 0.374 e. The summed E-state index contributed by atoms with van der Waals surface area (Å²) in [5.41, 5.74) is 3.53. The van der Waals surface area contributed by atoms with Crippen molar-refractivity contribution >= 4 is 10.8 Å². The number of aliphatic hydroxyl groups excluding tert-OH is 1. The van der Waals surface area contributed by atoms with E-state index in [0.717, 1.165) is 22.2 Å². The van der Waals surface area contributed by atoms with Gasteiger partial charge in [0.25, 0.3) is 5.56 Å². The Balaban J connectivity index is 1.45. The molecule has 0 spiro atoms. The highest BCUT2D eigenvalue weighted by Gasteiger charge is 2.29. The van der Waals surface area contributed by atoms with Crippen molar-refractivity contribution in [3.63, 3.8) is 0 Å². The van der Waals surface area contributed by atoms with Gasteiger partial charge in [-0.15, -0.1) is 0 Å². The second-order valence-corrected chi connectivity index (χ2v) is 7.60. The Labute approximate surface area is 171 Å². The van der Waals surface area contributed by atoms with E-state index in [1.165, 1.54) is 6.07 Å². The van der Waals surface area contributed by atoms with Crippen molar-refractivity contribution in [2.75, 3.05) is 0 Å². The van der Waals surface area contributed by atoms with Gasteiger partial charge >= 0.3 is 0 Å². The fraction of sp³-hybridized carbons (Fsp3) is 0.227. The minimum atomic E-state index is -1.07. The van der Waals surface area contributed by atoms with E-state index in [1.807, 2.05) is 24.1 Å². The molecule has 1 aliphatic rings. The molecule has 0 amide bonds. The number of H-pyrrole nitrogens is 1. The smallest absolute Gasteiger partial charge is 0.272 e. The highest BCUT2D eigenvalue weighted by Crippen LogP contribution is 2.31. The van der Waals surface area contributed by atoms with Gasteiger partial charge in [-0.25, -0.2) is 9.49 Å². The molecule has 5 rings (SSSR count). The van der Waals surface area contributed by atoms with E-state index >= 15 is 0 Å². The van der Waals surface area contributed by atoms with Crippen LogP contribution in [0.5, 0.6) is 0 Å². The summed E-state index contributed by atoms with van der Waals surface area (Å²) in [5.74, 6) is -0.459. The lowest BCUT2D eigenvalue weighted by atomic mass is 10.0. The molecule has 8 heteroatoms. The van der Waals surface area contributed by atoms with Crippen LogP contribution in [0.2, 0.25) is 0 Å². The van der Waals surface area contributed by atoms with Gasteiger partial charge in [0, 0.05) is 43.1 Å². The summed E-state index contributed by atoms with van der Waals surface area (Å²) < 4.78 is 16.4. The molecule has 0 bridgehead atoms. The topological polar surface area (TPSA) is 87.0 Å². The molecular weight excluding hydrogens is 385 g/mol. The number of nitrogens with zero attached hydrogens (tertiary/aromatic N) is 4. The lowest BCUT2D eigenvalue weighted by Crippen LogP contribution is -2.24. The Hall–Kier alpha value is -3.36. The highest BCUT2D eigenvalue weighted by molar-refractivity contribution is 5.83. The molecule has 0 radical (unpaired) electrons. The zero-order chi connectivity index (χ0) is 20.8. The van der Waals surface area contributed by atoms with Crippen LogP contribution in [0.3, 0.4) is 0 Å². The zero-order valence-electron chi connectivity index (χ0n) is 16.3. The molecule has 2 aromatic carbocycles. The quantitative estimate of drug-likeness (QED) is 0.545. The molecule has 1 atom stereocenters. The lowest BCUT2D eigenvalue weighted by Gasteiger charge is -2.24. The molecule has 7 nitrogen and oxygen atoms in total. The monoisotopic (exact) mass is 405 g/mol. The number of hydrogen-bond acceptors (Lipinski definition) is 5. The Kier molecular flexibility index (Phi) is 4.45. The van der Waals surface area contributed by atoms with Crippen molar-refractivity contribution in [3.05, 3.63) is 92.9 Å². The summed E-state index contributed by atoms with van der Waals surface area (Å²) >= 11 is 0. The first-order chi connectivity index (χ1) is 14.5. The highest BCUT2D eigenvalue weighted by atomic mass is 19.1. The number of aromatic amines is 1. The molecule has 0 aliphatic carbocycles. The number of aliphatic hydroxyl groups is 1. The van der Waals surface area contributed by atoms with E-state index in [9.17, 15) is 14.3 Å². The Morgan fingerprint density at radius 2 is 2.00 bits per heavy atom. The SMILES string of the molecule is Cn1ncc2c1CN(C(O)c1cc(Cc3n[nH]c(=O)c4ccccc34)ccc1F)C2.